The highest BCUT2D eigenvalue weighted by molar-refractivity contribution is 5.51. The average Bonchev–Trinajstić information content (AvgIpc) is 2.85. The van der Waals surface area contributed by atoms with Crippen LogP contribution in [0.15, 0.2) is 36.9 Å². The maximum Gasteiger partial charge on any atom is 0.157 e. The highest BCUT2D eigenvalue weighted by Gasteiger charge is 2.04. The van der Waals surface area contributed by atoms with Gasteiger partial charge in [-0.25, -0.2) is 4.98 Å². The molecule has 0 unspecified atom stereocenters. The van der Waals surface area contributed by atoms with Crippen LogP contribution in [-0.4, -0.2) is 19.6 Å². The summed E-state index contributed by atoms with van der Waals surface area (Å²) in [6.07, 6.45) is 5.26. The van der Waals surface area contributed by atoms with Crippen LogP contribution in [-0.2, 0) is 6.54 Å². The van der Waals surface area contributed by atoms with Crippen LogP contribution >= 0.6 is 0 Å². The van der Waals surface area contributed by atoms with Crippen molar-refractivity contribution in [3.05, 3.63) is 53.6 Å². The zero-order chi connectivity index (χ0) is 13.2. The Balaban J connectivity index is 1.90. The molecule has 5 nitrogen and oxygen atoms in total. The molecule has 0 fully saturated rings. The molecule has 0 aliphatic rings. The van der Waals surface area contributed by atoms with Crippen LogP contribution in [0.2, 0.25) is 0 Å². The smallest absolute Gasteiger partial charge is 0.157 e. The summed E-state index contributed by atoms with van der Waals surface area (Å²) in [5, 5.41) is 7.61. The second-order valence-electron chi connectivity index (χ2n) is 4.60. The third kappa shape index (κ3) is 2.27. The Morgan fingerprint density at radius 3 is 3.00 bits per heavy atom. The van der Waals surface area contributed by atoms with Crippen molar-refractivity contribution in [2.75, 3.05) is 5.32 Å². The summed E-state index contributed by atoms with van der Waals surface area (Å²) >= 11 is 0. The second kappa shape index (κ2) is 4.68. The lowest BCUT2D eigenvalue weighted by molar-refractivity contribution is 0.936. The molecule has 0 amide bonds. The third-order valence-corrected chi connectivity index (χ3v) is 3.13. The molecule has 0 bridgehead atoms. The highest BCUT2D eigenvalue weighted by atomic mass is 15.3. The molecule has 96 valence electrons. The van der Waals surface area contributed by atoms with Gasteiger partial charge in [-0.2, -0.15) is 9.61 Å². The topological polar surface area (TPSA) is 55.1 Å². The summed E-state index contributed by atoms with van der Waals surface area (Å²) in [6, 6.07) is 6.08. The van der Waals surface area contributed by atoms with Gasteiger partial charge in [-0.3, -0.25) is 4.98 Å². The Kier molecular flexibility index (Phi) is 2.87. The summed E-state index contributed by atoms with van der Waals surface area (Å²) < 4.78 is 1.80. The van der Waals surface area contributed by atoms with Crippen molar-refractivity contribution in [1.29, 1.82) is 0 Å². The van der Waals surface area contributed by atoms with E-state index in [-0.39, 0.29) is 0 Å². The molecular formula is C14H15N5. The molecule has 0 saturated heterocycles. The molecule has 3 aromatic heterocycles. The van der Waals surface area contributed by atoms with E-state index in [0.717, 1.165) is 23.6 Å². The minimum absolute atomic E-state index is 0.720. The molecule has 0 radical (unpaired) electrons. The van der Waals surface area contributed by atoms with E-state index in [2.05, 4.69) is 40.3 Å². The minimum Gasteiger partial charge on any atom is -0.366 e. The van der Waals surface area contributed by atoms with E-state index in [9.17, 15) is 0 Å². The Morgan fingerprint density at radius 1 is 1.26 bits per heavy atom. The van der Waals surface area contributed by atoms with Crippen molar-refractivity contribution in [3.63, 3.8) is 0 Å². The van der Waals surface area contributed by atoms with Gasteiger partial charge in [0.15, 0.2) is 5.65 Å². The second-order valence-corrected chi connectivity index (χ2v) is 4.60. The fourth-order valence-electron chi connectivity index (χ4n) is 2.05. The molecule has 3 rings (SSSR count). The largest absolute Gasteiger partial charge is 0.366 e. The van der Waals surface area contributed by atoms with Gasteiger partial charge in [0.25, 0.3) is 0 Å². The molecular weight excluding hydrogens is 238 g/mol. The lowest BCUT2D eigenvalue weighted by Crippen LogP contribution is -2.06. The van der Waals surface area contributed by atoms with Crippen molar-refractivity contribution in [2.24, 2.45) is 0 Å². The summed E-state index contributed by atoms with van der Waals surface area (Å²) in [5.74, 6) is 0.941. The van der Waals surface area contributed by atoms with Crippen LogP contribution in [0, 0.1) is 13.8 Å². The Hall–Kier alpha value is -2.43. The van der Waals surface area contributed by atoms with Gasteiger partial charge in [0.1, 0.15) is 12.1 Å². The predicted octanol–water partition coefficient (Wildman–Crippen LogP) is 2.35. The number of aromatic nitrogens is 4. The third-order valence-electron chi connectivity index (χ3n) is 3.13. The van der Waals surface area contributed by atoms with Gasteiger partial charge in [0.2, 0.25) is 0 Å². The molecule has 19 heavy (non-hydrogen) atoms. The Bertz CT molecular complexity index is 717. The number of rotatable bonds is 3. The Morgan fingerprint density at radius 2 is 2.16 bits per heavy atom. The first kappa shape index (κ1) is 11.6. The average molecular weight is 253 g/mol. The summed E-state index contributed by atoms with van der Waals surface area (Å²) in [6.45, 7) is 4.85. The van der Waals surface area contributed by atoms with Gasteiger partial charge in [-0.15, -0.1) is 0 Å². The maximum absolute atomic E-state index is 4.22. The van der Waals surface area contributed by atoms with Gasteiger partial charge in [-0.1, -0.05) is 0 Å². The van der Waals surface area contributed by atoms with Crippen LogP contribution in [0.1, 0.15) is 16.7 Å². The number of hydrogen-bond acceptors (Lipinski definition) is 4. The number of nitrogens with one attached hydrogen (secondary N) is 1. The van der Waals surface area contributed by atoms with Crippen LogP contribution < -0.4 is 5.32 Å². The standard InChI is InChI=1S/C14H15N5/c1-10-5-13(19-14(6-10)17-9-18-19)16-8-12-7-15-4-3-11(12)2/h3-7,9,16H,8H2,1-2H3. The van der Waals surface area contributed by atoms with Crippen LogP contribution in [0.4, 0.5) is 5.82 Å². The summed E-state index contributed by atoms with van der Waals surface area (Å²) in [4.78, 5) is 8.37. The van der Waals surface area contributed by atoms with Gasteiger partial charge in [0, 0.05) is 18.9 Å². The first-order chi connectivity index (χ1) is 9.24. The van der Waals surface area contributed by atoms with E-state index in [0.29, 0.717) is 0 Å². The van der Waals surface area contributed by atoms with Crippen molar-refractivity contribution in [2.45, 2.75) is 20.4 Å². The molecule has 3 heterocycles. The van der Waals surface area contributed by atoms with Crippen molar-refractivity contribution in [1.82, 2.24) is 19.6 Å². The van der Waals surface area contributed by atoms with Gasteiger partial charge >= 0.3 is 0 Å². The van der Waals surface area contributed by atoms with E-state index < -0.39 is 0 Å². The van der Waals surface area contributed by atoms with E-state index >= 15 is 0 Å². The predicted molar refractivity (Wildman–Crippen MR) is 74.0 cm³/mol. The number of aryl methyl sites for hydroxylation is 2. The van der Waals surface area contributed by atoms with Gasteiger partial charge in [-0.05, 0) is 48.7 Å². The van der Waals surface area contributed by atoms with E-state index in [1.807, 2.05) is 18.3 Å². The van der Waals surface area contributed by atoms with E-state index in [4.69, 9.17) is 0 Å². The zero-order valence-electron chi connectivity index (χ0n) is 11.0. The maximum atomic E-state index is 4.22. The molecule has 0 aromatic carbocycles. The van der Waals surface area contributed by atoms with Gasteiger partial charge in [0.05, 0.1) is 0 Å². The van der Waals surface area contributed by atoms with Crippen LogP contribution in [0.3, 0.4) is 0 Å². The van der Waals surface area contributed by atoms with Crippen molar-refractivity contribution >= 4 is 11.5 Å². The number of nitrogens with zero attached hydrogens (tertiary/aromatic N) is 4. The van der Waals surface area contributed by atoms with Crippen LogP contribution in [0.5, 0.6) is 0 Å². The molecule has 1 N–H and O–H groups in total. The summed E-state index contributed by atoms with van der Waals surface area (Å²) in [7, 11) is 0. The number of pyridine rings is 2. The SMILES string of the molecule is Cc1cc(NCc2cnccc2C)n2ncnc2c1. The number of anilines is 1. The number of hydrogen-bond donors (Lipinski definition) is 1. The molecule has 5 heteroatoms. The number of fused-ring (bicyclic) bond motifs is 1. The highest BCUT2D eigenvalue weighted by Crippen LogP contribution is 2.15. The molecule has 0 aliphatic carbocycles. The lowest BCUT2D eigenvalue weighted by Gasteiger charge is -2.10. The lowest BCUT2D eigenvalue weighted by atomic mass is 10.1. The summed E-state index contributed by atoms with van der Waals surface area (Å²) in [5.41, 5.74) is 4.42. The van der Waals surface area contributed by atoms with E-state index in [1.165, 1.54) is 11.1 Å². The molecule has 0 aliphatic heterocycles. The quantitative estimate of drug-likeness (QED) is 0.778. The Labute approximate surface area is 111 Å². The fraction of sp³-hybridized carbons (Fsp3) is 0.214. The van der Waals surface area contributed by atoms with Gasteiger partial charge < -0.3 is 5.32 Å². The first-order valence-corrected chi connectivity index (χ1v) is 6.18. The van der Waals surface area contributed by atoms with Crippen molar-refractivity contribution in [3.8, 4) is 0 Å². The molecule has 0 atom stereocenters. The van der Waals surface area contributed by atoms with Crippen LogP contribution in [0.25, 0.3) is 5.65 Å². The normalized spacial score (nSPS) is 10.8. The van der Waals surface area contributed by atoms with Crippen molar-refractivity contribution < 1.29 is 0 Å². The molecule has 0 spiro atoms. The molecule has 0 saturated carbocycles. The zero-order valence-corrected chi connectivity index (χ0v) is 11.0. The monoisotopic (exact) mass is 253 g/mol. The molecule has 3 aromatic rings. The minimum atomic E-state index is 0.720. The first-order valence-electron chi connectivity index (χ1n) is 6.18. The fourth-order valence-corrected chi connectivity index (χ4v) is 2.05. The van der Waals surface area contributed by atoms with E-state index in [1.54, 1.807) is 17.0 Å².